The van der Waals surface area contributed by atoms with Gasteiger partial charge in [-0.05, 0) is 0 Å². The average molecular weight is 122 g/mol. The molecule has 0 saturated carbocycles. The Kier molecular flexibility index (Phi) is 0.868. The van der Waals surface area contributed by atoms with Crippen LogP contribution in [0.1, 0.15) is 5.69 Å². The lowest BCUT2D eigenvalue weighted by molar-refractivity contribution is 0.841. The van der Waals surface area contributed by atoms with Crippen LogP contribution in [-0.2, 0) is 6.54 Å². The van der Waals surface area contributed by atoms with E-state index in [1.807, 2.05) is 0 Å². The number of fused-ring (bicyclic) bond motifs is 1. The van der Waals surface area contributed by atoms with Crippen molar-refractivity contribution < 1.29 is 0 Å². The number of anilines is 1. The summed E-state index contributed by atoms with van der Waals surface area (Å²) >= 11 is 0. The quantitative estimate of drug-likeness (QED) is 0.504. The van der Waals surface area contributed by atoms with E-state index in [4.69, 9.17) is 0 Å². The molecule has 0 radical (unpaired) electrons. The second-order valence-corrected chi connectivity index (χ2v) is 1.83. The molecule has 0 bridgehead atoms. The molecule has 0 aliphatic carbocycles. The van der Waals surface area contributed by atoms with E-state index >= 15 is 0 Å². The van der Waals surface area contributed by atoms with Gasteiger partial charge in [-0.15, -0.1) is 0 Å². The maximum Gasteiger partial charge on any atom is 0.163 e. The number of nitrogens with one attached hydrogen (secondary N) is 2. The minimum atomic E-state index is 0.767. The van der Waals surface area contributed by atoms with Crippen LogP contribution in [0.3, 0.4) is 0 Å². The van der Waals surface area contributed by atoms with Crippen LogP contribution in [0.15, 0.2) is 12.4 Å². The Morgan fingerprint density at radius 2 is 2.22 bits per heavy atom. The van der Waals surface area contributed by atoms with Crippen molar-refractivity contribution >= 4 is 5.82 Å². The Bertz CT molecular complexity index is 199. The number of hydrogen-bond acceptors (Lipinski definition) is 4. The highest BCUT2D eigenvalue weighted by molar-refractivity contribution is 5.41. The van der Waals surface area contributed by atoms with Crippen molar-refractivity contribution in [3.8, 4) is 0 Å². The first-order valence-electron chi connectivity index (χ1n) is 2.75. The van der Waals surface area contributed by atoms with Crippen LogP contribution in [0.25, 0.3) is 0 Å². The van der Waals surface area contributed by atoms with Crippen molar-refractivity contribution in [3.05, 3.63) is 18.1 Å². The maximum absolute atomic E-state index is 4.07. The molecule has 1 aliphatic rings. The molecule has 0 unspecified atom stereocenters. The van der Waals surface area contributed by atoms with Gasteiger partial charge in [0, 0.05) is 12.4 Å². The summed E-state index contributed by atoms with van der Waals surface area (Å²) in [5.41, 5.74) is 6.77. The summed E-state index contributed by atoms with van der Waals surface area (Å²) in [7, 11) is 0. The van der Waals surface area contributed by atoms with E-state index in [-0.39, 0.29) is 0 Å². The Morgan fingerprint density at radius 3 is 3.11 bits per heavy atom. The molecule has 1 aromatic rings. The van der Waals surface area contributed by atoms with E-state index in [0.717, 1.165) is 18.1 Å². The molecule has 2 N–H and O–H groups in total. The van der Waals surface area contributed by atoms with Crippen molar-refractivity contribution in [1.82, 2.24) is 15.4 Å². The van der Waals surface area contributed by atoms with E-state index in [9.17, 15) is 0 Å². The highest BCUT2D eigenvalue weighted by Crippen LogP contribution is 2.10. The molecule has 0 atom stereocenters. The Morgan fingerprint density at radius 1 is 1.33 bits per heavy atom. The SMILES string of the molecule is c1cnc2c(n1)CNN2. The van der Waals surface area contributed by atoms with Crippen molar-refractivity contribution in [3.63, 3.8) is 0 Å². The monoisotopic (exact) mass is 122 g/mol. The second-order valence-electron chi connectivity index (χ2n) is 1.83. The summed E-state index contributed by atoms with van der Waals surface area (Å²) in [6.45, 7) is 0.767. The fraction of sp³-hybridized carbons (Fsp3) is 0.200. The van der Waals surface area contributed by atoms with E-state index in [0.29, 0.717) is 0 Å². The zero-order valence-corrected chi connectivity index (χ0v) is 4.76. The molecule has 1 aliphatic heterocycles. The van der Waals surface area contributed by atoms with E-state index < -0.39 is 0 Å². The third-order valence-electron chi connectivity index (χ3n) is 1.24. The van der Waals surface area contributed by atoms with Crippen LogP contribution in [0.4, 0.5) is 5.82 Å². The van der Waals surface area contributed by atoms with E-state index in [1.165, 1.54) is 0 Å². The number of aromatic nitrogens is 2. The third-order valence-corrected chi connectivity index (χ3v) is 1.24. The lowest BCUT2D eigenvalue weighted by Crippen LogP contribution is -2.11. The Hall–Kier alpha value is -1.16. The van der Waals surface area contributed by atoms with Crippen molar-refractivity contribution in [2.45, 2.75) is 6.54 Å². The topological polar surface area (TPSA) is 49.8 Å². The minimum Gasteiger partial charge on any atom is -0.304 e. The molecule has 46 valence electrons. The van der Waals surface area contributed by atoms with Gasteiger partial charge in [-0.25, -0.2) is 10.4 Å². The molecule has 4 nitrogen and oxygen atoms in total. The first kappa shape index (κ1) is 4.69. The van der Waals surface area contributed by atoms with Crippen LogP contribution in [0, 0.1) is 0 Å². The predicted molar refractivity (Wildman–Crippen MR) is 32.5 cm³/mol. The fourth-order valence-corrected chi connectivity index (χ4v) is 0.812. The standard InChI is InChI=1S/C5H6N4/c1-2-7-5-4(6-1)3-8-9-5/h1-2,8H,3H2,(H,7,9). The zero-order valence-electron chi connectivity index (χ0n) is 4.76. The van der Waals surface area contributed by atoms with Crippen LogP contribution >= 0.6 is 0 Å². The molecule has 0 saturated heterocycles. The minimum absolute atomic E-state index is 0.767. The highest BCUT2D eigenvalue weighted by atomic mass is 15.4. The van der Waals surface area contributed by atoms with Gasteiger partial charge in [0.2, 0.25) is 0 Å². The summed E-state index contributed by atoms with van der Waals surface area (Å²) in [6.07, 6.45) is 3.35. The van der Waals surface area contributed by atoms with Crippen molar-refractivity contribution in [1.29, 1.82) is 0 Å². The largest absolute Gasteiger partial charge is 0.304 e. The van der Waals surface area contributed by atoms with Gasteiger partial charge in [0.15, 0.2) is 5.82 Å². The molecule has 0 amide bonds. The molecule has 0 aromatic carbocycles. The molecule has 2 heterocycles. The zero-order chi connectivity index (χ0) is 6.10. The van der Waals surface area contributed by atoms with Gasteiger partial charge in [-0.2, -0.15) is 0 Å². The van der Waals surface area contributed by atoms with Crippen LogP contribution < -0.4 is 10.9 Å². The summed E-state index contributed by atoms with van der Waals surface area (Å²) < 4.78 is 0. The summed E-state index contributed by atoms with van der Waals surface area (Å²) in [6, 6.07) is 0. The molecule has 0 fully saturated rings. The van der Waals surface area contributed by atoms with Crippen molar-refractivity contribution in [2.24, 2.45) is 0 Å². The van der Waals surface area contributed by atoms with Crippen molar-refractivity contribution in [2.75, 3.05) is 5.43 Å². The Balaban J connectivity index is 2.54. The summed E-state index contributed by atoms with van der Waals surface area (Å²) in [5, 5.41) is 0. The average Bonchev–Trinajstić information content (AvgIpc) is 2.33. The van der Waals surface area contributed by atoms with Crippen LogP contribution in [0.2, 0.25) is 0 Å². The van der Waals surface area contributed by atoms with Gasteiger partial charge < -0.3 is 5.43 Å². The van der Waals surface area contributed by atoms with Gasteiger partial charge in [-0.3, -0.25) is 4.98 Å². The summed E-state index contributed by atoms with van der Waals surface area (Å²) in [5.74, 6) is 0.845. The smallest absolute Gasteiger partial charge is 0.163 e. The van der Waals surface area contributed by atoms with Gasteiger partial charge in [-0.1, -0.05) is 0 Å². The lowest BCUT2D eigenvalue weighted by atomic mass is 10.4. The second kappa shape index (κ2) is 1.66. The molecular weight excluding hydrogens is 116 g/mol. The van der Waals surface area contributed by atoms with Gasteiger partial charge in [0.25, 0.3) is 0 Å². The summed E-state index contributed by atoms with van der Waals surface area (Å²) in [4.78, 5) is 8.09. The Labute approximate surface area is 52.3 Å². The van der Waals surface area contributed by atoms with E-state index in [1.54, 1.807) is 12.4 Å². The normalized spacial score (nSPS) is 14.7. The van der Waals surface area contributed by atoms with Crippen LogP contribution in [-0.4, -0.2) is 9.97 Å². The van der Waals surface area contributed by atoms with Gasteiger partial charge in [0.05, 0.1) is 12.2 Å². The molecule has 2 rings (SSSR count). The fourth-order valence-electron chi connectivity index (χ4n) is 0.812. The highest BCUT2D eigenvalue weighted by Gasteiger charge is 2.08. The first-order valence-corrected chi connectivity index (χ1v) is 2.75. The van der Waals surface area contributed by atoms with Crippen LogP contribution in [0.5, 0.6) is 0 Å². The number of hydrazine groups is 1. The lowest BCUT2D eigenvalue weighted by Gasteiger charge is -1.91. The van der Waals surface area contributed by atoms with Gasteiger partial charge in [0.1, 0.15) is 0 Å². The predicted octanol–water partition coefficient (Wildman–Crippen LogP) is -0.0933. The molecule has 1 aromatic heterocycles. The molecule has 4 heteroatoms. The van der Waals surface area contributed by atoms with Gasteiger partial charge >= 0.3 is 0 Å². The number of rotatable bonds is 0. The number of hydrogen-bond donors (Lipinski definition) is 2. The third kappa shape index (κ3) is 0.639. The number of nitrogens with zero attached hydrogens (tertiary/aromatic N) is 2. The molecular formula is C5H6N4. The molecule has 9 heavy (non-hydrogen) atoms. The molecule has 0 spiro atoms. The van der Waals surface area contributed by atoms with E-state index in [2.05, 4.69) is 20.8 Å². The first-order chi connectivity index (χ1) is 4.47. The maximum atomic E-state index is 4.07.